The highest BCUT2D eigenvalue weighted by atomic mass is 79.9. The van der Waals surface area contributed by atoms with E-state index in [2.05, 4.69) is 28.9 Å². The molecule has 0 fully saturated rings. The molecule has 2 aromatic carbocycles. The molecule has 104 valence electrons. The van der Waals surface area contributed by atoms with Gasteiger partial charge in [0.15, 0.2) is 0 Å². The van der Waals surface area contributed by atoms with E-state index in [0.29, 0.717) is 6.42 Å². The molecule has 0 bridgehead atoms. The van der Waals surface area contributed by atoms with Crippen molar-refractivity contribution in [1.29, 1.82) is 0 Å². The van der Waals surface area contributed by atoms with E-state index < -0.39 is 6.10 Å². The summed E-state index contributed by atoms with van der Waals surface area (Å²) in [6, 6.07) is 14.1. The highest BCUT2D eigenvalue weighted by Gasteiger charge is 2.20. The third-order valence-corrected chi connectivity index (χ3v) is 4.12. The smallest absolute Gasteiger partial charge is 0.123 e. The fraction of sp³-hybridized carbons (Fsp3) is 0.294. The van der Waals surface area contributed by atoms with E-state index in [9.17, 15) is 5.11 Å². The number of benzene rings is 2. The van der Waals surface area contributed by atoms with E-state index in [-0.39, 0.29) is 6.10 Å². The Morgan fingerprint density at radius 3 is 2.95 bits per heavy atom. The van der Waals surface area contributed by atoms with Gasteiger partial charge in [0.1, 0.15) is 11.9 Å². The van der Waals surface area contributed by atoms with Crippen molar-refractivity contribution in [3.8, 4) is 5.75 Å². The third-order valence-electron chi connectivity index (χ3n) is 3.62. The van der Waals surface area contributed by atoms with Gasteiger partial charge in [0.2, 0.25) is 0 Å². The molecule has 2 aromatic rings. The molecule has 0 amide bonds. The lowest BCUT2D eigenvalue weighted by atomic mass is 9.98. The molecular formula is C17H17BrO2. The van der Waals surface area contributed by atoms with Crippen LogP contribution in [-0.2, 0) is 12.8 Å². The molecule has 2 atom stereocenters. The maximum Gasteiger partial charge on any atom is 0.123 e. The Morgan fingerprint density at radius 2 is 2.15 bits per heavy atom. The van der Waals surface area contributed by atoms with Crippen molar-refractivity contribution in [1.82, 2.24) is 0 Å². The van der Waals surface area contributed by atoms with Gasteiger partial charge < -0.3 is 9.84 Å². The Kier molecular flexibility index (Phi) is 3.81. The highest BCUT2D eigenvalue weighted by molar-refractivity contribution is 9.10. The van der Waals surface area contributed by atoms with Crippen LogP contribution in [0.15, 0.2) is 46.9 Å². The summed E-state index contributed by atoms with van der Waals surface area (Å²) in [5.41, 5.74) is 3.28. The summed E-state index contributed by atoms with van der Waals surface area (Å²) in [6.45, 7) is 2.07. The van der Waals surface area contributed by atoms with Gasteiger partial charge in [-0.3, -0.25) is 0 Å². The molecule has 2 unspecified atom stereocenters. The van der Waals surface area contributed by atoms with Crippen molar-refractivity contribution in [2.45, 2.75) is 32.0 Å². The zero-order valence-electron chi connectivity index (χ0n) is 11.3. The molecule has 0 saturated carbocycles. The number of rotatable bonds is 3. The maximum atomic E-state index is 10.4. The minimum absolute atomic E-state index is 0.238. The van der Waals surface area contributed by atoms with Crippen molar-refractivity contribution in [3.63, 3.8) is 0 Å². The van der Waals surface area contributed by atoms with E-state index in [4.69, 9.17) is 4.74 Å². The number of hydrogen-bond donors (Lipinski definition) is 1. The fourth-order valence-corrected chi connectivity index (χ4v) is 3.10. The monoisotopic (exact) mass is 332 g/mol. The van der Waals surface area contributed by atoms with E-state index in [1.807, 2.05) is 36.4 Å². The molecule has 20 heavy (non-hydrogen) atoms. The van der Waals surface area contributed by atoms with Crippen LogP contribution in [0.1, 0.15) is 29.7 Å². The van der Waals surface area contributed by atoms with Crippen molar-refractivity contribution in [3.05, 3.63) is 63.6 Å². The van der Waals surface area contributed by atoms with E-state index in [1.165, 1.54) is 5.56 Å². The molecule has 1 N–H and O–H groups in total. The SMILES string of the molecule is CC1Cc2cc(C(O)Cc3cccc(Br)c3)ccc2O1. The lowest BCUT2D eigenvalue weighted by Gasteiger charge is -2.12. The molecule has 1 aliphatic heterocycles. The zero-order valence-corrected chi connectivity index (χ0v) is 12.9. The quantitative estimate of drug-likeness (QED) is 0.918. The summed E-state index contributed by atoms with van der Waals surface area (Å²) in [6.07, 6.45) is 1.30. The van der Waals surface area contributed by atoms with Crippen LogP contribution in [0.25, 0.3) is 0 Å². The fourth-order valence-electron chi connectivity index (χ4n) is 2.65. The largest absolute Gasteiger partial charge is 0.490 e. The van der Waals surface area contributed by atoms with E-state index in [1.54, 1.807) is 0 Å². The highest BCUT2D eigenvalue weighted by Crippen LogP contribution is 2.32. The van der Waals surface area contributed by atoms with Gasteiger partial charge in [-0.25, -0.2) is 0 Å². The summed E-state index contributed by atoms with van der Waals surface area (Å²) in [5, 5.41) is 10.4. The Hall–Kier alpha value is -1.32. The normalized spacial score (nSPS) is 18.4. The van der Waals surface area contributed by atoms with Crippen LogP contribution in [0.5, 0.6) is 5.75 Å². The Bertz CT molecular complexity index is 624. The van der Waals surface area contributed by atoms with Gasteiger partial charge >= 0.3 is 0 Å². The first kappa shape index (κ1) is 13.7. The molecule has 1 heterocycles. The lowest BCUT2D eigenvalue weighted by molar-refractivity contribution is 0.178. The first-order chi connectivity index (χ1) is 9.61. The standard InChI is InChI=1S/C17H17BrO2/c1-11-7-14-10-13(5-6-17(14)20-11)16(19)9-12-3-2-4-15(18)8-12/h2-6,8,10-11,16,19H,7,9H2,1H3. The van der Waals surface area contributed by atoms with Crippen LogP contribution < -0.4 is 4.74 Å². The van der Waals surface area contributed by atoms with Crippen LogP contribution >= 0.6 is 15.9 Å². The lowest BCUT2D eigenvalue weighted by Crippen LogP contribution is -2.05. The van der Waals surface area contributed by atoms with Gasteiger partial charge in [0, 0.05) is 17.3 Å². The second-order valence-electron chi connectivity index (χ2n) is 5.35. The average Bonchev–Trinajstić information content (AvgIpc) is 2.77. The molecule has 0 radical (unpaired) electrons. The Labute approximate surface area is 127 Å². The summed E-state index contributed by atoms with van der Waals surface area (Å²) in [4.78, 5) is 0. The molecular weight excluding hydrogens is 316 g/mol. The number of ether oxygens (including phenoxy) is 1. The summed E-state index contributed by atoms with van der Waals surface area (Å²) in [7, 11) is 0. The van der Waals surface area contributed by atoms with Crippen molar-refractivity contribution in [2.24, 2.45) is 0 Å². The number of aliphatic hydroxyl groups excluding tert-OH is 1. The third kappa shape index (κ3) is 2.89. The number of aliphatic hydroxyl groups is 1. The van der Waals surface area contributed by atoms with Crippen molar-refractivity contribution < 1.29 is 9.84 Å². The predicted molar refractivity (Wildman–Crippen MR) is 83.0 cm³/mol. The van der Waals surface area contributed by atoms with Crippen LogP contribution in [0.2, 0.25) is 0 Å². The Balaban J connectivity index is 1.78. The minimum Gasteiger partial charge on any atom is -0.490 e. The van der Waals surface area contributed by atoms with Crippen molar-refractivity contribution in [2.75, 3.05) is 0 Å². The summed E-state index contributed by atoms with van der Waals surface area (Å²) in [5.74, 6) is 0.955. The first-order valence-corrected chi connectivity index (χ1v) is 7.63. The molecule has 2 nitrogen and oxygen atoms in total. The van der Waals surface area contributed by atoms with Crippen LogP contribution in [0, 0.1) is 0 Å². The first-order valence-electron chi connectivity index (χ1n) is 6.84. The molecule has 3 rings (SSSR count). The molecule has 0 aromatic heterocycles. The van der Waals surface area contributed by atoms with Gasteiger partial charge in [0.05, 0.1) is 6.10 Å². The molecule has 0 saturated heterocycles. The minimum atomic E-state index is -0.481. The van der Waals surface area contributed by atoms with Gasteiger partial charge in [-0.15, -0.1) is 0 Å². The topological polar surface area (TPSA) is 29.5 Å². The zero-order chi connectivity index (χ0) is 14.1. The van der Waals surface area contributed by atoms with E-state index in [0.717, 1.165) is 27.8 Å². The Morgan fingerprint density at radius 1 is 1.30 bits per heavy atom. The molecule has 0 spiro atoms. The van der Waals surface area contributed by atoms with Crippen molar-refractivity contribution >= 4 is 15.9 Å². The number of halogens is 1. The molecule has 1 aliphatic rings. The second kappa shape index (κ2) is 5.58. The van der Waals surface area contributed by atoms with Gasteiger partial charge in [-0.05, 0) is 47.9 Å². The summed E-state index contributed by atoms with van der Waals surface area (Å²) >= 11 is 3.46. The summed E-state index contributed by atoms with van der Waals surface area (Å²) < 4.78 is 6.73. The second-order valence-corrected chi connectivity index (χ2v) is 6.27. The average molecular weight is 333 g/mol. The van der Waals surface area contributed by atoms with Gasteiger partial charge in [0.25, 0.3) is 0 Å². The van der Waals surface area contributed by atoms with Crippen LogP contribution in [-0.4, -0.2) is 11.2 Å². The number of fused-ring (bicyclic) bond motifs is 1. The van der Waals surface area contributed by atoms with Gasteiger partial charge in [-0.2, -0.15) is 0 Å². The predicted octanol–water partition coefficient (Wildman–Crippen LogP) is 4.05. The van der Waals surface area contributed by atoms with E-state index >= 15 is 0 Å². The molecule has 0 aliphatic carbocycles. The van der Waals surface area contributed by atoms with Crippen LogP contribution in [0.4, 0.5) is 0 Å². The van der Waals surface area contributed by atoms with Gasteiger partial charge in [-0.1, -0.05) is 34.1 Å². The molecule has 3 heteroatoms. The number of hydrogen-bond acceptors (Lipinski definition) is 2. The van der Waals surface area contributed by atoms with Crippen LogP contribution in [0.3, 0.4) is 0 Å². The maximum absolute atomic E-state index is 10.4.